The van der Waals surface area contributed by atoms with Crippen molar-refractivity contribution in [1.29, 1.82) is 5.26 Å². The first-order valence-electron chi connectivity index (χ1n) is 9.89. The molecule has 31 heavy (non-hydrogen) atoms. The molecule has 2 aromatic rings. The van der Waals surface area contributed by atoms with E-state index in [4.69, 9.17) is 5.26 Å². The summed E-state index contributed by atoms with van der Waals surface area (Å²) in [7, 11) is 0.177. The Morgan fingerprint density at radius 3 is 2.48 bits per heavy atom. The van der Waals surface area contributed by atoms with E-state index in [0.717, 1.165) is 16.7 Å². The first-order valence-corrected chi connectivity index (χ1v) is 11.7. The van der Waals surface area contributed by atoms with Crippen LogP contribution in [-0.2, 0) is 26.9 Å². The molecule has 158 valence electrons. The highest BCUT2D eigenvalue weighted by Crippen LogP contribution is 2.36. The Morgan fingerprint density at radius 1 is 1.13 bits per heavy atom. The van der Waals surface area contributed by atoms with E-state index in [9.17, 15) is 13.2 Å². The zero-order valence-electron chi connectivity index (χ0n) is 17.6. The number of nitrogens with zero attached hydrogens (tertiary/aromatic N) is 4. The molecule has 2 heterocycles. The molecule has 0 N–H and O–H groups in total. The van der Waals surface area contributed by atoms with Crippen LogP contribution in [0.15, 0.2) is 53.3 Å². The summed E-state index contributed by atoms with van der Waals surface area (Å²) >= 11 is 0. The van der Waals surface area contributed by atoms with E-state index >= 15 is 0 Å². The van der Waals surface area contributed by atoms with Gasteiger partial charge in [-0.15, -0.1) is 0 Å². The van der Waals surface area contributed by atoms with Crippen molar-refractivity contribution in [3.8, 4) is 17.2 Å². The molecule has 2 aromatic carbocycles. The summed E-state index contributed by atoms with van der Waals surface area (Å²) in [6, 6.07) is 13.1. The molecule has 0 fully saturated rings. The monoisotopic (exact) mass is 434 g/mol. The predicted octanol–water partition coefficient (Wildman–Crippen LogP) is 2.67. The van der Waals surface area contributed by atoms with E-state index in [1.807, 2.05) is 36.2 Å². The summed E-state index contributed by atoms with van der Waals surface area (Å²) in [5, 5.41) is 14.9. The Labute approximate surface area is 181 Å². The average molecular weight is 435 g/mol. The molecular weight excluding hydrogens is 412 g/mol. The Kier molecular flexibility index (Phi) is 5.15. The summed E-state index contributed by atoms with van der Waals surface area (Å²) in [5.41, 5.74) is 5.60. The molecule has 2 aliphatic heterocycles. The Balaban J connectivity index is 1.99. The van der Waals surface area contributed by atoms with Crippen LogP contribution in [-0.4, -0.2) is 49.8 Å². The van der Waals surface area contributed by atoms with Crippen LogP contribution >= 0.6 is 0 Å². The van der Waals surface area contributed by atoms with Crippen LogP contribution in [0, 0.1) is 11.3 Å². The molecule has 4 rings (SSSR count). The second-order valence-corrected chi connectivity index (χ2v) is 10.1. The maximum absolute atomic E-state index is 12.7. The minimum Gasteiger partial charge on any atom is -0.375 e. The predicted molar refractivity (Wildman–Crippen MR) is 119 cm³/mol. The van der Waals surface area contributed by atoms with Gasteiger partial charge in [0.2, 0.25) is 0 Å². The summed E-state index contributed by atoms with van der Waals surface area (Å²) in [6.45, 7) is 2.12. The van der Waals surface area contributed by atoms with Crippen molar-refractivity contribution in [3.63, 3.8) is 0 Å². The van der Waals surface area contributed by atoms with Crippen molar-refractivity contribution in [1.82, 2.24) is 9.91 Å². The van der Waals surface area contributed by atoms with E-state index < -0.39 is 9.84 Å². The van der Waals surface area contributed by atoms with Crippen LogP contribution in [0.25, 0.3) is 11.1 Å². The lowest BCUT2D eigenvalue weighted by Gasteiger charge is -2.20. The molecule has 2 aliphatic rings. The van der Waals surface area contributed by atoms with Crippen LogP contribution in [0.2, 0.25) is 0 Å². The third kappa shape index (κ3) is 3.73. The molecule has 0 spiro atoms. The van der Waals surface area contributed by atoms with Gasteiger partial charge in [0, 0.05) is 38.2 Å². The largest absolute Gasteiger partial charge is 0.375 e. The topological polar surface area (TPSA) is 93.8 Å². The second kappa shape index (κ2) is 7.67. The van der Waals surface area contributed by atoms with E-state index in [-0.39, 0.29) is 17.4 Å². The quantitative estimate of drug-likeness (QED) is 0.737. The summed E-state index contributed by atoms with van der Waals surface area (Å²) in [4.78, 5) is 14.6. The van der Waals surface area contributed by atoms with Crippen LogP contribution in [0.5, 0.6) is 0 Å². The lowest BCUT2D eigenvalue weighted by Crippen LogP contribution is -2.18. The molecule has 0 unspecified atom stereocenters. The van der Waals surface area contributed by atoms with E-state index in [0.29, 0.717) is 34.5 Å². The standard InChI is InChI=1S/C23H22N4O3S/c1-4-31(29,30)14-17-9-10-18(16-7-5-15(11-24)6-8-16)19-12-26(2)13-20-22(21(17)19)25-27(3)23(20)28/h5-10,13H,4,12,14H2,1-3H3. The normalized spacial score (nSPS) is 15.6. The number of hydrogen-bond donors (Lipinski definition) is 0. The summed E-state index contributed by atoms with van der Waals surface area (Å²) < 4.78 is 25.0. The number of benzene rings is 2. The van der Waals surface area contributed by atoms with E-state index in [2.05, 4.69) is 11.2 Å². The number of likely N-dealkylation sites (N-methyl/N-ethyl adjacent to an activating group) is 1. The number of sulfone groups is 1. The highest BCUT2D eigenvalue weighted by atomic mass is 32.2. The first-order chi connectivity index (χ1) is 14.7. The smallest absolute Gasteiger partial charge is 0.277 e. The number of carbonyl (C=O) groups excluding carboxylic acids is 1. The third-order valence-corrected chi connectivity index (χ3v) is 7.19. The Bertz CT molecular complexity index is 1290. The number of rotatable bonds is 4. The zero-order valence-corrected chi connectivity index (χ0v) is 18.4. The number of hydrogen-bond acceptors (Lipinski definition) is 6. The first kappa shape index (κ1) is 20.8. The van der Waals surface area contributed by atoms with E-state index in [1.54, 1.807) is 32.3 Å². The number of amides is 1. The van der Waals surface area contributed by atoms with Crippen LogP contribution in [0.1, 0.15) is 29.2 Å². The molecule has 0 saturated carbocycles. The van der Waals surface area contributed by atoms with E-state index in [1.165, 1.54) is 5.01 Å². The van der Waals surface area contributed by atoms with Gasteiger partial charge < -0.3 is 4.90 Å². The maximum atomic E-state index is 12.7. The zero-order chi connectivity index (χ0) is 22.3. The van der Waals surface area contributed by atoms with Crippen molar-refractivity contribution in [2.24, 2.45) is 5.10 Å². The number of hydrazone groups is 1. The average Bonchev–Trinajstić information content (AvgIpc) is 2.92. The molecule has 0 aromatic heterocycles. The molecule has 8 heteroatoms. The van der Waals surface area contributed by atoms with Gasteiger partial charge in [-0.1, -0.05) is 31.2 Å². The fourth-order valence-corrected chi connectivity index (χ4v) is 4.87. The van der Waals surface area contributed by atoms with Crippen molar-refractivity contribution in [2.45, 2.75) is 19.2 Å². The third-order valence-electron chi connectivity index (χ3n) is 5.56. The fourth-order valence-electron chi connectivity index (χ4n) is 3.95. The van der Waals surface area contributed by atoms with Gasteiger partial charge >= 0.3 is 0 Å². The molecule has 0 atom stereocenters. The minimum absolute atomic E-state index is 0.0348. The molecule has 7 nitrogen and oxygen atoms in total. The molecule has 0 aliphatic carbocycles. The summed E-state index contributed by atoms with van der Waals surface area (Å²) in [6.07, 6.45) is 1.77. The second-order valence-electron chi connectivity index (χ2n) is 7.73. The van der Waals surface area contributed by atoms with Crippen molar-refractivity contribution in [2.75, 3.05) is 19.8 Å². The van der Waals surface area contributed by atoms with Gasteiger partial charge in [0.15, 0.2) is 9.84 Å². The van der Waals surface area contributed by atoms with Gasteiger partial charge in [0.1, 0.15) is 5.71 Å². The number of fused-ring (bicyclic) bond motifs is 3. The highest BCUT2D eigenvalue weighted by Gasteiger charge is 2.35. The van der Waals surface area contributed by atoms with Gasteiger partial charge in [-0.3, -0.25) is 4.79 Å². The van der Waals surface area contributed by atoms with Gasteiger partial charge in [0.25, 0.3) is 5.91 Å². The Morgan fingerprint density at radius 2 is 1.84 bits per heavy atom. The number of carbonyl (C=O) groups is 1. The lowest BCUT2D eigenvalue weighted by molar-refractivity contribution is -0.124. The van der Waals surface area contributed by atoms with Crippen molar-refractivity contribution < 1.29 is 13.2 Å². The van der Waals surface area contributed by atoms with Crippen LogP contribution < -0.4 is 0 Å². The minimum atomic E-state index is -3.30. The molecular formula is C23H22N4O3S. The molecule has 0 bridgehead atoms. The van der Waals surface area contributed by atoms with Gasteiger partial charge in [-0.05, 0) is 34.4 Å². The molecule has 0 radical (unpaired) electrons. The number of nitriles is 1. The summed E-state index contributed by atoms with van der Waals surface area (Å²) in [5.74, 6) is -0.303. The fraction of sp³-hybridized carbons (Fsp3) is 0.261. The van der Waals surface area contributed by atoms with Gasteiger partial charge in [-0.2, -0.15) is 10.4 Å². The SMILES string of the molecule is CCS(=O)(=O)Cc1ccc(-c2ccc(C#N)cc2)c2c1C1=NN(C)C(=O)C1=CN(C)C2. The van der Waals surface area contributed by atoms with Gasteiger partial charge in [0.05, 0.1) is 23.0 Å². The molecule has 1 amide bonds. The van der Waals surface area contributed by atoms with Gasteiger partial charge in [-0.25, -0.2) is 13.4 Å². The van der Waals surface area contributed by atoms with Crippen molar-refractivity contribution in [3.05, 3.63) is 70.4 Å². The van der Waals surface area contributed by atoms with Crippen molar-refractivity contribution >= 4 is 21.5 Å². The molecule has 0 saturated heterocycles. The van der Waals surface area contributed by atoms with Crippen LogP contribution in [0.3, 0.4) is 0 Å². The highest BCUT2D eigenvalue weighted by molar-refractivity contribution is 7.90. The lowest BCUT2D eigenvalue weighted by atomic mass is 9.88. The van der Waals surface area contributed by atoms with Crippen LogP contribution in [0.4, 0.5) is 0 Å². The maximum Gasteiger partial charge on any atom is 0.277 e. The Hall–Kier alpha value is -3.44.